The third-order valence-electron chi connectivity index (χ3n) is 1.96. The first-order chi connectivity index (χ1) is 6.90. The first-order valence-corrected chi connectivity index (χ1v) is 4.43. The van der Waals surface area contributed by atoms with Crippen LogP contribution >= 0.6 is 0 Å². The zero-order valence-corrected chi connectivity index (χ0v) is 8.58. The van der Waals surface area contributed by atoms with Gasteiger partial charge >= 0.3 is 0 Å². The highest BCUT2D eigenvalue weighted by Gasteiger charge is 1.93. The van der Waals surface area contributed by atoms with Gasteiger partial charge in [-0.15, -0.1) is 0 Å². The molecule has 0 aliphatic rings. The third kappa shape index (κ3) is 2.26. The predicted octanol–water partition coefficient (Wildman–Crippen LogP) is 2.51. The van der Waals surface area contributed by atoms with Gasteiger partial charge in [0.05, 0.1) is 7.11 Å². The van der Waals surface area contributed by atoms with Gasteiger partial charge in [-0.25, -0.2) is 0 Å². The molecule has 0 aliphatic carbocycles. The first kappa shape index (κ1) is 10.6. The van der Waals surface area contributed by atoms with E-state index in [1.807, 2.05) is 24.3 Å². The molecule has 0 N–H and O–H groups in total. The Morgan fingerprint density at radius 3 is 2.29 bits per heavy atom. The molecule has 2 aromatic rings. The molecule has 0 saturated heterocycles. The summed E-state index contributed by atoms with van der Waals surface area (Å²) in [4.78, 5) is 0. The van der Waals surface area contributed by atoms with Gasteiger partial charge in [0, 0.05) is 0 Å². The Balaban J connectivity index is 0.000000461. The van der Waals surface area contributed by atoms with Crippen LogP contribution < -0.4 is 4.74 Å². The number of benzene rings is 2. The molecule has 0 aliphatic heterocycles. The van der Waals surface area contributed by atoms with E-state index in [1.54, 1.807) is 7.11 Å². The van der Waals surface area contributed by atoms with Crippen molar-refractivity contribution in [2.75, 3.05) is 7.11 Å². The summed E-state index contributed by atoms with van der Waals surface area (Å²) in [5, 5.41) is 2.47. The second kappa shape index (κ2) is 5.29. The van der Waals surface area contributed by atoms with Gasteiger partial charge in [-0.3, -0.25) is 0 Å². The van der Waals surface area contributed by atoms with E-state index < -0.39 is 0 Å². The molecule has 0 bridgehead atoms. The Bertz CT molecular complexity index is 415. The van der Waals surface area contributed by atoms with E-state index in [-0.39, 0.29) is 0 Å². The Labute approximate surface area is 88.0 Å². The first-order valence-electron chi connectivity index (χ1n) is 4.09. The highest BCUT2D eigenvalue weighted by Crippen LogP contribution is 2.19. The van der Waals surface area contributed by atoms with Crippen molar-refractivity contribution < 1.29 is 8.95 Å². The molecule has 0 aromatic heterocycles. The van der Waals surface area contributed by atoms with E-state index in [0.717, 1.165) is 5.75 Å². The molecule has 0 radical (unpaired) electrons. The zero-order chi connectivity index (χ0) is 10.4. The molecular formula is C11H10O2S. The average Bonchev–Trinajstić information content (AvgIpc) is 2.31. The molecule has 0 spiro atoms. The SMILES string of the molecule is COc1ccc2ccccc2c1.O=S. The summed E-state index contributed by atoms with van der Waals surface area (Å²) in [5.74, 6) is 0.911. The maximum atomic E-state index is 7.83. The Morgan fingerprint density at radius 2 is 1.64 bits per heavy atom. The zero-order valence-electron chi connectivity index (χ0n) is 7.77. The third-order valence-corrected chi connectivity index (χ3v) is 1.96. The monoisotopic (exact) mass is 206 g/mol. The van der Waals surface area contributed by atoms with Gasteiger partial charge < -0.3 is 4.74 Å². The smallest absolute Gasteiger partial charge is 0.197 e. The minimum absolute atomic E-state index is 0.911. The van der Waals surface area contributed by atoms with Gasteiger partial charge in [0.25, 0.3) is 0 Å². The average molecular weight is 206 g/mol. The number of methoxy groups -OCH3 is 1. The van der Waals surface area contributed by atoms with E-state index in [1.165, 1.54) is 10.8 Å². The number of hydrogen-bond acceptors (Lipinski definition) is 3. The van der Waals surface area contributed by atoms with Crippen molar-refractivity contribution >= 4 is 23.3 Å². The lowest BCUT2D eigenvalue weighted by Crippen LogP contribution is -1.81. The van der Waals surface area contributed by atoms with Crippen molar-refractivity contribution in [3.63, 3.8) is 0 Å². The summed E-state index contributed by atoms with van der Waals surface area (Å²) >= 11 is 2.83. The van der Waals surface area contributed by atoms with Crippen LogP contribution in [0.2, 0.25) is 0 Å². The molecular weight excluding hydrogens is 196 g/mol. The fourth-order valence-electron chi connectivity index (χ4n) is 1.29. The number of ether oxygens (including phenoxy) is 1. The van der Waals surface area contributed by atoms with Gasteiger partial charge in [0.1, 0.15) is 5.75 Å². The van der Waals surface area contributed by atoms with Crippen molar-refractivity contribution in [3.8, 4) is 5.75 Å². The molecule has 0 unspecified atom stereocenters. The summed E-state index contributed by atoms with van der Waals surface area (Å²) in [5.41, 5.74) is 0. The molecule has 3 heteroatoms. The van der Waals surface area contributed by atoms with Crippen LogP contribution in [0.25, 0.3) is 10.8 Å². The minimum Gasteiger partial charge on any atom is -0.497 e. The van der Waals surface area contributed by atoms with Crippen LogP contribution in [-0.4, -0.2) is 11.3 Å². The largest absolute Gasteiger partial charge is 0.497 e. The van der Waals surface area contributed by atoms with Gasteiger partial charge in [-0.05, 0) is 22.9 Å². The summed E-state index contributed by atoms with van der Waals surface area (Å²) in [6.07, 6.45) is 0. The van der Waals surface area contributed by atoms with E-state index in [4.69, 9.17) is 8.95 Å². The highest BCUT2D eigenvalue weighted by molar-refractivity contribution is 7.44. The molecule has 72 valence electrons. The lowest BCUT2D eigenvalue weighted by Gasteiger charge is -2.00. The quantitative estimate of drug-likeness (QED) is 0.717. The summed E-state index contributed by atoms with van der Waals surface area (Å²) in [6, 6.07) is 14.3. The molecule has 2 rings (SSSR count). The van der Waals surface area contributed by atoms with Gasteiger partial charge in [-0.2, -0.15) is 4.21 Å². The molecule has 0 amide bonds. The lowest BCUT2D eigenvalue weighted by atomic mass is 10.1. The van der Waals surface area contributed by atoms with Crippen LogP contribution in [0, 0.1) is 0 Å². The lowest BCUT2D eigenvalue weighted by molar-refractivity contribution is 0.415. The summed E-state index contributed by atoms with van der Waals surface area (Å²) < 4.78 is 13.0. The summed E-state index contributed by atoms with van der Waals surface area (Å²) in [7, 11) is 1.68. The molecule has 14 heavy (non-hydrogen) atoms. The minimum atomic E-state index is 0.911. The van der Waals surface area contributed by atoms with Crippen LogP contribution in [0.5, 0.6) is 5.75 Å². The van der Waals surface area contributed by atoms with Crippen LogP contribution in [-0.2, 0) is 12.5 Å². The van der Waals surface area contributed by atoms with Crippen LogP contribution in [0.1, 0.15) is 0 Å². The topological polar surface area (TPSA) is 26.3 Å². The Kier molecular flexibility index (Phi) is 4.01. The standard InChI is InChI=1S/C11H10O.OS/c1-12-11-7-6-9-4-2-3-5-10(9)8-11;1-2/h2-8H,1H3;. The van der Waals surface area contributed by atoms with Crippen LogP contribution in [0.3, 0.4) is 0 Å². The van der Waals surface area contributed by atoms with Gasteiger partial charge in [0.15, 0.2) is 12.5 Å². The maximum absolute atomic E-state index is 7.83. The predicted molar refractivity (Wildman–Crippen MR) is 58.6 cm³/mol. The molecule has 2 aromatic carbocycles. The van der Waals surface area contributed by atoms with Gasteiger partial charge in [-0.1, -0.05) is 30.3 Å². The van der Waals surface area contributed by atoms with Crippen LogP contribution in [0.4, 0.5) is 0 Å². The molecule has 0 saturated carbocycles. The van der Waals surface area contributed by atoms with E-state index >= 15 is 0 Å². The van der Waals surface area contributed by atoms with Crippen molar-refractivity contribution in [2.45, 2.75) is 0 Å². The molecule has 0 heterocycles. The molecule has 2 nitrogen and oxygen atoms in total. The normalized spacial score (nSPS) is 8.93. The van der Waals surface area contributed by atoms with E-state index in [9.17, 15) is 0 Å². The number of rotatable bonds is 1. The second-order valence-corrected chi connectivity index (χ2v) is 2.71. The Morgan fingerprint density at radius 1 is 1.00 bits per heavy atom. The van der Waals surface area contributed by atoms with E-state index in [2.05, 4.69) is 30.7 Å². The second-order valence-electron chi connectivity index (χ2n) is 2.71. The highest BCUT2D eigenvalue weighted by atomic mass is 32.1. The van der Waals surface area contributed by atoms with Crippen molar-refractivity contribution in [1.29, 1.82) is 0 Å². The van der Waals surface area contributed by atoms with Crippen molar-refractivity contribution in [1.82, 2.24) is 0 Å². The van der Waals surface area contributed by atoms with Crippen molar-refractivity contribution in [3.05, 3.63) is 42.5 Å². The number of fused-ring (bicyclic) bond motifs is 1. The van der Waals surface area contributed by atoms with E-state index in [0.29, 0.717) is 0 Å². The fourth-order valence-corrected chi connectivity index (χ4v) is 1.29. The number of hydrogen-bond donors (Lipinski definition) is 0. The molecule has 0 atom stereocenters. The maximum Gasteiger partial charge on any atom is 0.197 e. The Hall–Kier alpha value is -1.48. The van der Waals surface area contributed by atoms with Crippen LogP contribution in [0.15, 0.2) is 42.5 Å². The van der Waals surface area contributed by atoms with Crippen molar-refractivity contribution in [2.24, 2.45) is 0 Å². The van der Waals surface area contributed by atoms with Gasteiger partial charge in [0.2, 0.25) is 0 Å². The summed E-state index contributed by atoms with van der Waals surface area (Å²) in [6.45, 7) is 0. The fraction of sp³-hybridized carbons (Fsp3) is 0.0909. The molecule has 0 fully saturated rings.